The van der Waals surface area contributed by atoms with Crippen LogP contribution in [0.2, 0.25) is 13.1 Å². The molecule has 0 radical (unpaired) electrons. The van der Waals surface area contributed by atoms with Crippen LogP contribution in [0.15, 0.2) is 164 Å². The van der Waals surface area contributed by atoms with Crippen LogP contribution in [-0.4, -0.2) is 22.0 Å². The quantitative estimate of drug-likeness (QED) is 0.0930. The maximum absolute atomic E-state index is 5.29. The first kappa shape index (κ1) is 41.7. The number of para-hydroxylation sites is 2. The Bertz CT molecular complexity index is 3970. The van der Waals surface area contributed by atoms with Crippen molar-refractivity contribution < 1.29 is 20.1 Å². The number of hydrogen-bond donors (Lipinski definition) is 0. The molecule has 4 nitrogen and oxygen atoms in total. The van der Waals surface area contributed by atoms with Gasteiger partial charge in [-0.1, -0.05) is 196 Å². The van der Waals surface area contributed by atoms with Crippen molar-refractivity contribution in [1.29, 1.82) is 0 Å². The molecule has 0 bridgehead atoms. The van der Waals surface area contributed by atoms with E-state index in [1.54, 1.807) is 0 Å². The summed E-state index contributed by atoms with van der Waals surface area (Å²) in [5.41, 5.74) is 13.5. The molecule has 326 valence electrons. The number of fused-ring (bicyclic) bond motifs is 12. The van der Waals surface area contributed by atoms with Gasteiger partial charge in [0.05, 0.1) is 19.4 Å². The zero-order valence-electron chi connectivity index (χ0n) is 38.8. The summed E-state index contributed by atoms with van der Waals surface area (Å²) in [5, 5.41) is 14.2. The largest absolute Gasteiger partial charge is 3.00 e. The summed E-state index contributed by atoms with van der Waals surface area (Å²) >= 11 is 0. The van der Waals surface area contributed by atoms with E-state index in [1.807, 2.05) is 6.07 Å². The summed E-state index contributed by atoms with van der Waals surface area (Å²) in [6.45, 7) is 19.0. The minimum atomic E-state index is -1.91. The minimum absolute atomic E-state index is 0. The molecule has 6 heterocycles. The van der Waals surface area contributed by atoms with Crippen LogP contribution in [0.4, 0.5) is 11.4 Å². The first-order chi connectivity index (χ1) is 32.0. The molecule has 0 saturated heterocycles. The van der Waals surface area contributed by atoms with Gasteiger partial charge in [-0.25, -0.2) is 0 Å². The van der Waals surface area contributed by atoms with Crippen molar-refractivity contribution in [3.8, 4) is 11.3 Å². The molecular formula is C61H49IrN4Si. The second kappa shape index (κ2) is 14.7. The van der Waals surface area contributed by atoms with Crippen molar-refractivity contribution in [2.45, 2.75) is 58.5 Å². The fourth-order valence-corrected chi connectivity index (χ4v) is 14.8. The second-order valence-corrected chi connectivity index (χ2v) is 24.4. The Morgan fingerprint density at radius 3 is 1.91 bits per heavy atom. The molecule has 14 rings (SSSR count). The van der Waals surface area contributed by atoms with Gasteiger partial charge >= 0.3 is 20.1 Å². The monoisotopic (exact) mass is 1060 g/mol. The van der Waals surface area contributed by atoms with Gasteiger partial charge in [-0.2, -0.15) is 24.3 Å². The third-order valence-electron chi connectivity index (χ3n) is 15.9. The van der Waals surface area contributed by atoms with Crippen LogP contribution in [0, 0.1) is 25.7 Å². The molecule has 0 aliphatic carbocycles. The van der Waals surface area contributed by atoms with Gasteiger partial charge < -0.3 is 13.9 Å². The van der Waals surface area contributed by atoms with Crippen LogP contribution in [0.25, 0.3) is 81.9 Å². The molecule has 0 spiro atoms. The van der Waals surface area contributed by atoms with Gasteiger partial charge in [0, 0.05) is 27.6 Å². The summed E-state index contributed by atoms with van der Waals surface area (Å²) in [5.74, 6) is 0. The Morgan fingerprint density at radius 1 is 0.567 bits per heavy atom. The summed E-state index contributed by atoms with van der Waals surface area (Å²) in [4.78, 5) is 7.69. The van der Waals surface area contributed by atoms with Gasteiger partial charge in [0.1, 0.15) is 0 Å². The molecule has 6 heteroatoms. The average molecular weight is 1060 g/mol. The Hall–Kier alpha value is -6.69. The smallest absolute Gasteiger partial charge is 0.459 e. The standard InChI is InChI=1S/C33H24N2Si.C28H25N2.Ir/c1-36(2)30-18-10-9-17-29(30)35-21-34-28-16-8-7-15-26(28)24-13-5-3-11-22(24)23-12-4-6-14-25(23)27-19-20-31(36)33(35)32(27)34;1-17-15-16-21-24-22(17)19-13-9-10-14-20(19)26-29-23(18-11-7-6-8-12-18)25(30(24)26)28(4,5)27(21,2)3;/h3-16,18-21H,1-2H3;6-13,15-16H,1-5H3;/q-2;-1;+3. The molecule has 0 fully saturated rings. The van der Waals surface area contributed by atoms with Crippen molar-refractivity contribution in [3.05, 3.63) is 199 Å². The number of rotatable bonds is 1. The van der Waals surface area contributed by atoms with E-state index in [0.717, 1.165) is 16.7 Å². The van der Waals surface area contributed by atoms with E-state index in [0.29, 0.717) is 0 Å². The van der Waals surface area contributed by atoms with Gasteiger partial charge in [0.15, 0.2) is 0 Å². The fourth-order valence-electron chi connectivity index (χ4n) is 11.9. The third kappa shape index (κ3) is 5.55. The van der Waals surface area contributed by atoms with E-state index >= 15 is 0 Å². The van der Waals surface area contributed by atoms with Crippen LogP contribution in [0.5, 0.6) is 0 Å². The van der Waals surface area contributed by atoms with Crippen LogP contribution in [-0.2, 0) is 30.9 Å². The summed E-state index contributed by atoms with van der Waals surface area (Å²) in [6.07, 6.45) is 0. The van der Waals surface area contributed by atoms with Crippen LogP contribution < -0.4 is 15.3 Å². The SMILES string of the molecule is C[Si]1(C)c2ccc[c-]c2N2[CH-]n3c4ccccc4c4ccccc4c4ccccc4c4ccc1c2c43.Cc1ccc2c3c1c1ccc[c-]c1c1nc(-c4ccccc4)c(n13)C(C)(C)C2(C)C.[Ir+3]. The van der Waals surface area contributed by atoms with Crippen molar-refractivity contribution in [3.63, 3.8) is 0 Å². The fraction of sp³-hybridized carbons (Fsp3) is 0.148. The number of benzene rings is 8. The second-order valence-electron chi connectivity index (χ2n) is 20.1. The van der Waals surface area contributed by atoms with E-state index in [-0.39, 0.29) is 30.9 Å². The molecule has 0 unspecified atom stereocenters. The number of aryl methyl sites for hydroxylation is 1. The van der Waals surface area contributed by atoms with Crippen molar-refractivity contribution >= 4 is 100 Å². The van der Waals surface area contributed by atoms with Gasteiger partial charge in [0.2, 0.25) is 0 Å². The Kier molecular flexibility index (Phi) is 9.12. The topological polar surface area (TPSA) is 25.5 Å². The molecule has 0 N–H and O–H groups in total. The van der Waals surface area contributed by atoms with Crippen LogP contribution in [0.1, 0.15) is 44.5 Å². The van der Waals surface area contributed by atoms with E-state index in [9.17, 15) is 0 Å². The van der Waals surface area contributed by atoms with Crippen molar-refractivity contribution in [2.75, 3.05) is 4.90 Å². The maximum Gasteiger partial charge on any atom is 3.00 e. The molecule has 0 atom stereocenters. The molecule has 3 aromatic heterocycles. The minimum Gasteiger partial charge on any atom is -0.459 e. The summed E-state index contributed by atoms with van der Waals surface area (Å²) < 4.78 is 4.88. The summed E-state index contributed by atoms with van der Waals surface area (Å²) in [6, 6.07) is 66.5. The number of nitrogens with zero attached hydrogens (tertiary/aromatic N) is 4. The van der Waals surface area contributed by atoms with Crippen LogP contribution >= 0.6 is 0 Å². The predicted molar refractivity (Wildman–Crippen MR) is 281 cm³/mol. The zero-order chi connectivity index (χ0) is 44.9. The number of pyridine rings is 1. The number of imidazole rings is 1. The predicted octanol–water partition coefficient (Wildman–Crippen LogP) is 14.3. The summed E-state index contributed by atoms with van der Waals surface area (Å²) in [7, 11) is -1.91. The molecule has 11 aromatic rings. The molecule has 8 aromatic carbocycles. The van der Waals surface area contributed by atoms with Gasteiger partial charge in [-0.15, -0.1) is 34.8 Å². The Labute approximate surface area is 406 Å². The number of hydrogen-bond acceptors (Lipinski definition) is 2. The molecule has 67 heavy (non-hydrogen) atoms. The molecular weight excluding hydrogens is 1010 g/mol. The van der Waals surface area contributed by atoms with Crippen molar-refractivity contribution in [1.82, 2.24) is 14.0 Å². The number of anilines is 2. The first-order valence-corrected chi connectivity index (χ1v) is 26.2. The Morgan fingerprint density at radius 2 is 1.18 bits per heavy atom. The van der Waals surface area contributed by atoms with E-state index in [2.05, 4.69) is 238 Å². The van der Waals surface area contributed by atoms with E-state index in [4.69, 9.17) is 4.98 Å². The number of aromatic nitrogens is 3. The first-order valence-electron chi connectivity index (χ1n) is 23.2. The van der Waals surface area contributed by atoms with Crippen molar-refractivity contribution in [2.24, 2.45) is 0 Å². The van der Waals surface area contributed by atoms with E-state index in [1.165, 1.54) is 104 Å². The molecule has 0 amide bonds. The van der Waals surface area contributed by atoms with Gasteiger partial charge in [0.25, 0.3) is 0 Å². The average Bonchev–Trinajstić information content (AvgIpc) is 3.96. The molecule has 3 aliphatic rings. The molecule has 3 aliphatic heterocycles. The van der Waals surface area contributed by atoms with Crippen LogP contribution in [0.3, 0.4) is 0 Å². The third-order valence-corrected chi connectivity index (χ3v) is 19.4. The zero-order valence-corrected chi connectivity index (χ0v) is 42.2. The maximum atomic E-state index is 5.29. The van der Waals surface area contributed by atoms with Gasteiger partial charge in [-0.05, 0) is 68.1 Å². The van der Waals surface area contributed by atoms with E-state index < -0.39 is 8.07 Å². The van der Waals surface area contributed by atoms with Gasteiger partial charge in [-0.3, -0.25) is 4.98 Å². The Balaban J connectivity index is 0.000000140. The molecule has 0 saturated carbocycles. The normalized spacial score (nSPS) is 15.4.